The molecular weight excluding hydrogens is 234 g/mol. The molecule has 2 aromatic rings. The van der Waals surface area contributed by atoms with Crippen LogP contribution >= 0.6 is 0 Å². The van der Waals surface area contributed by atoms with Gasteiger partial charge in [0.15, 0.2) is 0 Å². The van der Waals surface area contributed by atoms with Crippen LogP contribution < -0.4 is 0 Å². The molecule has 1 unspecified atom stereocenters. The molecule has 19 heavy (non-hydrogen) atoms. The van der Waals surface area contributed by atoms with Gasteiger partial charge in [-0.15, -0.1) is 0 Å². The normalized spacial score (nSPS) is 20.7. The lowest BCUT2D eigenvalue weighted by atomic mass is 10.0. The number of aryl methyl sites for hydroxylation is 1. The minimum atomic E-state index is 0.674. The fourth-order valence-corrected chi connectivity index (χ4v) is 3.09. The number of hydrogen-bond acceptors (Lipinski definition) is 2. The van der Waals surface area contributed by atoms with Crippen molar-refractivity contribution in [1.29, 1.82) is 0 Å². The van der Waals surface area contributed by atoms with Gasteiger partial charge in [0.2, 0.25) is 0 Å². The Morgan fingerprint density at radius 1 is 1.37 bits per heavy atom. The predicted octanol–water partition coefficient (Wildman–Crippen LogP) is 2.92. The highest BCUT2D eigenvalue weighted by Gasteiger charge is 2.24. The number of nitrogens with zero attached hydrogens (tertiary/aromatic N) is 3. The van der Waals surface area contributed by atoms with Crippen LogP contribution in [0.25, 0.3) is 5.65 Å². The maximum atomic E-state index is 4.75. The maximum absolute atomic E-state index is 4.75. The summed E-state index contributed by atoms with van der Waals surface area (Å²) in [4.78, 5) is 7.33. The van der Waals surface area contributed by atoms with Gasteiger partial charge in [0.1, 0.15) is 5.65 Å². The minimum Gasteiger partial charge on any atom is -0.304 e. The molecule has 1 fully saturated rings. The molecule has 3 nitrogen and oxygen atoms in total. The molecule has 3 heteroatoms. The molecule has 1 saturated heterocycles. The van der Waals surface area contributed by atoms with E-state index < -0.39 is 0 Å². The van der Waals surface area contributed by atoms with Crippen LogP contribution in [-0.4, -0.2) is 33.4 Å². The third kappa shape index (κ3) is 2.52. The van der Waals surface area contributed by atoms with Crippen LogP contribution in [-0.2, 0) is 6.42 Å². The monoisotopic (exact) mass is 257 g/mol. The van der Waals surface area contributed by atoms with E-state index in [0.717, 1.165) is 18.0 Å². The van der Waals surface area contributed by atoms with Crippen LogP contribution in [0.2, 0.25) is 0 Å². The van der Waals surface area contributed by atoms with E-state index in [-0.39, 0.29) is 0 Å². The second-order valence-corrected chi connectivity index (χ2v) is 6.08. The van der Waals surface area contributed by atoms with Crippen molar-refractivity contribution in [2.45, 2.75) is 39.7 Å². The second kappa shape index (κ2) is 4.97. The first-order valence-electron chi connectivity index (χ1n) is 7.31. The fraction of sp³-hybridized carbons (Fsp3) is 0.562. The zero-order chi connectivity index (χ0) is 13.4. The molecular formula is C16H23N3. The summed E-state index contributed by atoms with van der Waals surface area (Å²) in [7, 11) is 0. The van der Waals surface area contributed by atoms with Gasteiger partial charge in [0.05, 0.1) is 5.69 Å². The van der Waals surface area contributed by atoms with Crippen molar-refractivity contribution in [2.24, 2.45) is 5.92 Å². The summed E-state index contributed by atoms with van der Waals surface area (Å²) < 4.78 is 2.20. The molecule has 102 valence electrons. The van der Waals surface area contributed by atoms with Gasteiger partial charge < -0.3 is 9.30 Å². The lowest BCUT2D eigenvalue weighted by Crippen LogP contribution is -2.28. The number of hydrogen-bond donors (Lipinski definition) is 0. The SMILES string of the molecule is Cc1cccc2nc(CC3CCN(C(C)C)C3)cn12. The number of imidazole rings is 1. The van der Waals surface area contributed by atoms with Gasteiger partial charge in [0, 0.05) is 24.5 Å². The van der Waals surface area contributed by atoms with Crippen LogP contribution in [0.3, 0.4) is 0 Å². The van der Waals surface area contributed by atoms with E-state index >= 15 is 0 Å². The van der Waals surface area contributed by atoms with Gasteiger partial charge in [-0.25, -0.2) is 4.98 Å². The summed E-state index contributed by atoms with van der Waals surface area (Å²) in [5.74, 6) is 0.771. The number of rotatable bonds is 3. The lowest BCUT2D eigenvalue weighted by Gasteiger charge is -2.19. The van der Waals surface area contributed by atoms with Crippen molar-refractivity contribution in [3.05, 3.63) is 35.8 Å². The Bertz CT molecular complexity index is 570. The molecule has 0 aromatic carbocycles. The molecule has 1 aliphatic heterocycles. The van der Waals surface area contributed by atoms with Crippen molar-refractivity contribution in [2.75, 3.05) is 13.1 Å². The molecule has 3 rings (SSSR count). The van der Waals surface area contributed by atoms with Crippen LogP contribution in [0.5, 0.6) is 0 Å². The molecule has 2 aromatic heterocycles. The Hall–Kier alpha value is -1.35. The molecule has 3 heterocycles. The number of likely N-dealkylation sites (tertiary alicyclic amines) is 1. The Labute approximate surface area is 115 Å². The molecule has 0 spiro atoms. The summed E-state index contributed by atoms with van der Waals surface area (Å²) in [6.07, 6.45) is 4.64. The molecule has 1 aliphatic rings. The molecule has 1 atom stereocenters. The van der Waals surface area contributed by atoms with Gasteiger partial charge in [-0.1, -0.05) is 6.07 Å². The highest BCUT2D eigenvalue weighted by atomic mass is 15.2. The highest BCUT2D eigenvalue weighted by molar-refractivity contribution is 5.41. The predicted molar refractivity (Wildman–Crippen MR) is 78.4 cm³/mol. The minimum absolute atomic E-state index is 0.674. The van der Waals surface area contributed by atoms with Crippen LogP contribution in [0.4, 0.5) is 0 Å². The first-order chi connectivity index (χ1) is 9.13. The van der Waals surface area contributed by atoms with Gasteiger partial charge in [-0.2, -0.15) is 0 Å². The summed E-state index contributed by atoms with van der Waals surface area (Å²) in [6, 6.07) is 6.98. The van der Waals surface area contributed by atoms with Gasteiger partial charge in [-0.05, 0) is 58.2 Å². The van der Waals surface area contributed by atoms with Crippen molar-refractivity contribution in [3.63, 3.8) is 0 Å². The van der Waals surface area contributed by atoms with Gasteiger partial charge in [-0.3, -0.25) is 0 Å². The largest absolute Gasteiger partial charge is 0.304 e. The lowest BCUT2D eigenvalue weighted by molar-refractivity contribution is 0.265. The van der Waals surface area contributed by atoms with E-state index in [0.29, 0.717) is 6.04 Å². The van der Waals surface area contributed by atoms with E-state index in [1.807, 2.05) is 0 Å². The maximum Gasteiger partial charge on any atom is 0.137 e. The number of aromatic nitrogens is 2. The van der Waals surface area contributed by atoms with E-state index in [2.05, 4.69) is 54.5 Å². The van der Waals surface area contributed by atoms with E-state index in [1.54, 1.807) is 0 Å². The van der Waals surface area contributed by atoms with Gasteiger partial charge in [0.25, 0.3) is 0 Å². The smallest absolute Gasteiger partial charge is 0.137 e. The van der Waals surface area contributed by atoms with Crippen molar-refractivity contribution in [1.82, 2.24) is 14.3 Å². The molecule has 0 aliphatic carbocycles. The Balaban J connectivity index is 1.74. The van der Waals surface area contributed by atoms with Crippen LogP contribution in [0.15, 0.2) is 24.4 Å². The highest BCUT2D eigenvalue weighted by Crippen LogP contribution is 2.22. The Morgan fingerprint density at radius 2 is 2.21 bits per heavy atom. The third-order valence-electron chi connectivity index (χ3n) is 4.29. The van der Waals surface area contributed by atoms with E-state index in [4.69, 9.17) is 4.98 Å². The van der Waals surface area contributed by atoms with Crippen LogP contribution in [0.1, 0.15) is 31.7 Å². The summed E-state index contributed by atoms with van der Waals surface area (Å²) >= 11 is 0. The standard InChI is InChI=1S/C16H23N3/c1-12(2)18-8-7-14(10-18)9-15-11-19-13(3)5-4-6-16(19)17-15/h4-6,11-12,14H,7-10H2,1-3H3. The third-order valence-corrected chi connectivity index (χ3v) is 4.29. The van der Waals surface area contributed by atoms with Gasteiger partial charge >= 0.3 is 0 Å². The fourth-order valence-electron chi connectivity index (χ4n) is 3.09. The van der Waals surface area contributed by atoms with Crippen molar-refractivity contribution in [3.8, 4) is 0 Å². The zero-order valence-electron chi connectivity index (χ0n) is 12.1. The quantitative estimate of drug-likeness (QED) is 0.842. The number of fused-ring (bicyclic) bond motifs is 1. The average molecular weight is 257 g/mol. The average Bonchev–Trinajstić information content (AvgIpc) is 2.96. The molecule has 0 saturated carbocycles. The molecule has 0 amide bonds. The first-order valence-corrected chi connectivity index (χ1v) is 7.31. The summed E-state index contributed by atoms with van der Waals surface area (Å²) in [5, 5.41) is 0. The Morgan fingerprint density at radius 3 is 2.89 bits per heavy atom. The first kappa shape index (κ1) is 12.7. The van der Waals surface area contributed by atoms with E-state index in [9.17, 15) is 0 Å². The van der Waals surface area contributed by atoms with Crippen LogP contribution in [0, 0.1) is 12.8 Å². The molecule has 0 bridgehead atoms. The number of pyridine rings is 1. The second-order valence-electron chi connectivity index (χ2n) is 6.08. The topological polar surface area (TPSA) is 20.5 Å². The molecule has 0 radical (unpaired) electrons. The molecule has 0 N–H and O–H groups in total. The summed E-state index contributed by atoms with van der Waals surface area (Å²) in [5.41, 5.74) is 3.57. The zero-order valence-corrected chi connectivity index (χ0v) is 12.1. The van der Waals surface area contributed by atoms with E-state index in [1.165, 1.54) is 30.9 Å². The Kier molecular flexibility index (Phi) is 3.31. The van der Waals surface area contributed by atoms with Crippen molar-refractivity contribution < 1.29 is 0 Å². The summed E-state index contributed by atoms with van der Waals surface area (Å²) in [6.45, 7) is 9.18. The van der Waals surface area contributed by atoms with Crippen molar-refractivity contribution >= 4 is 5.65 Å².